The van der Waals surface area contributed by atoms with Crippen molar-refractivity contribution in [1.82, 2.24) is 0 Å². The van der Waals surface area contributed by atoms with E-state index in [0.29, 0.717) is 16.2 Å². The molecule has 0 saturated carbocycles. The molecular weight excluding hydrogens is 191 g/mol. The van der Waals surface area contributed by atoms with Gasteiger partial charge in [-0.25, -0.2) is 4.39 Å². The van der Waals surface area contributed by atoms with Crippen LogP contribution in [0.4, 0.5) is 4.39 Å². The highest BCUT2D eigenvalue weighted by Crippen LogP contribution is 2.32. The third-order valence-electron chi connectivity index (χ3n) is 1.69. The monoisotopic (exact) mass is 202 g/mol. The van der Waals surface area contributed by atoms with E-state index >= 15 is 0 Å². The predicted octanol–water partition coefficient (Wildman–Crippen LogP) is 2.05. The van der Waals surface area contributed by atoms with Crippen molar-refractivity contribution in [2.45, 2.75) is 11.5 Å². The maximum atomic E-state index is 12.9. The second-order valence-corrected chi connectivity index (χ2v) is 3.31. The van der Waals surface area contributed by atoms with Gasteiger partial charge in [-0.2, -0.15) is 0 Å². The number of hydrogen-bond acceptors (Lipinski definition) is 3. The van der Waals surface area contributed by atoms with Gasteiger partial charge in [0.1, 0.15) is 11.6 Å². The fourth-order valence-corrected chi connectivity index (χ4v) is 1.75. The summed E-state index contributed by atoms with van der Waals surface area (Å²) in [7, 11) is 1.51. The molecule has 0 amide bonds. The SMILES string of the molecule is COc1c(CO)cc(F)cc1SC. The first-order chi connectivity index (χ1) is 6.22. The van der Waals surface area contributed by atoms with Crippen LogP contribution in [-0.4, -0.2) is 18.5 Å². The van der Waals surface area contributed by atoms with Crippen LogP contribution >= 0.6 is 11.8 Å². The molecular formula is C9H11FO2S. The van der Waals surface area contributed by atoms with Crippen molar-refractivity contribution >= 4 is 11.8 Å². The van der Waals surface area contributed by atoms with Crippen LogP contribution in [0.25, 0.3) is 0 Å². The standard InChI is InChI=1S/C9H11FO2S/c1-12-9-6(5-11)3-7(10)4-8(9)13-2/h3-4,11H,5H2,1-2H3. The van der Waals surface area contributed by atoms with Crippen molar-refractivity contribution in [2.24, 2.45) is 0 Å². The Labute approximate surface area is 80.7 Å². The predicted molar refractivity (Wildman–Crippen MR) is 50.7 cm³/mol. The maximum absolute atomic E-state index is 12.9. The molecule has 1 rings (SSSR count). The number of halogens is 1. The normalized spacial score (nSPS) is 10.2. The molecule has 72 valence electrons. The molecule has 0 atom stereocenters. The Morgan fingerprint density at radius 2 is 2.23 bits per heavy atom. The van der Waals surface area contributed by atoms with Gasteiger partial charge in [-0.3, -0.25) is 0 Å². The van der Waals surface area contributed by atoms with Crippen LogP contribution < -0.4 is 4.74 Å². The molecule has 0 bridgehead atoms. The third kappa shape index (κ3) is 2.14. The number of rotatable bonds is 3. The van der Waals surface area contributed by atoms with Crippen molar-refractivity contribution in [3.05, 3.63) is 23.5 Å². The average molecular weight is 202 g/mol. The van der Waals surface area contributed by atoms with E-state index in [2.05, 4.69) is 0 Å². The van der Waals surface area contributed by atoms with Gasteiger partial charge in [0.25, 0.3) is 0 Å². The lowest BCUT2D eigenvalue weighted by Gasteiger charge is -2.10. The first kappa shape index (κ1) is 10.3. The largest absolute Gasteiger partial charge is 0.495 e. The molecule has 0 radical (unpaired) electrons. The van der Waals surface area contributed by atoms with E-state index in [-0.39, 0.29) is 12.4 Å². The topological polar surface area (TPSA) is 29.5 Å². The van der Waals surface area contributed by atoms with Gasteiger partial charge in [-0.05, 0) is 18.4 Å². The minimum Gasteiger partial charge on any atom is -0.495 e. The Balaban J connectivity index is 3.25. The van der Waals surface area contributed by atoms with Gasteiger partial charge in [-0.1, -0.05) is 0 Å². The van der Waals surface area contributed by atoms with Crippen molar-refractivity contribution < 1.29 is 14.2 Å². The number of hydrogen-bond donors (Lipinski definition) is 1. The number of ether oxygens (including phenoxy) is 1. The molecule has 2 nitrogen and oxygen atoms in total. The number of benzene rings is 1. The lowest BCUT2D eigenvalue weighted by molar-refractivity contribution is 0.271. The summed E-state index contributed by atoms with van der Waals surface area (Å²) in [4.78, 5) is 0.701. The van der Waals surface area contributed by atoms with Gasteiger partial charge < -0.3 is 9.84 Å². The highest BCUT2D eigenvalue weighted by Gasteiger charge is 2.09. The summed E-state index contributed by atoms with van der Waals surface area (Å²) in [5, 5.41) is 8.94. The zero-order valence-corrected chi connectivity index (χ0v) is 8.32. The molecule has 0 aromatic heterocycles. The zero-order valence-electron chi connectivity index (χ0n) is 7.50. The van der Waals surface area contributed by atoms with Crippen LogP contribution in [0.5, 0.6) is 5.75 Å². The van der Waals surface area contributed by atoms with Crippen LogP contribution in [0.2, 0.25) is 0 Å². The summed E-state index contributed by atoms with van der Waals surface area (Å²) in [5.74, 6) is 0.200. The smallest absolute Gasteiger partial charge is 0.138 e. The van der Waals surface area contributed by atoms with Gasteiger partial charge in [0, 0.05) is 5.56 Å². The summed E-state index contributed by atoms with van der Waals surface area (Å²) in [6.07, 6.45) is 1.83. The molecule has 4 heteroatoms. The molecule has 0 spiro atoms. The van der Waals surface area contributed by atoms with Gasteiger partial charge in [0.05, 0.1) is 18.6 Å². The second-order valence-electron chi connectivity index (χ2n) is 2.46. The Bertz CT molecular complexity index is 277. The van der Waals surface area contributed by atoms with E-state index in [1.54, 1.807) is 0 Å². The molecule has 0 unspecified atom stereocenters. The number of methoxy groups -OCH3 is 1. The molecule has 13 heavy (non-hydrogen) atoms. The van der Waals surface area contributed by atoms with Crippen LogP contribution in [0.1, 0.15) is 5.56 Å². The molecule has 1 aromatic rings. The Morgan fingerprint density at radius 3 is 2.69 bits per heavy atom. The van der Waals surface area contributed by atoms with Crippen LogP contribution in [0.3, 0.4) is 0 Å². The summed E-state index contributed by atoms with van der Waals surface area (Å²) >= 11 is 1.39. The quantitative estimate of drug-likeness (QED) is 0.761. The Hall–Kier alpha value is -0.740. The molecule has 0 aliphatic heterocycles. The van der Waals surface area contributed by atoms with E-state index in [4.69, 9.17) is 9.84 Å². The van der Waals surface area contributed by atoms with E-state index in [1.807, 2.05) is 6.26 Å². The van der Waals surface area contributed by atoms with E-state index in [1.165, 1.54) is 31.0 Å². The van der Waals surface area contributed by atoms with Gasteiger partial charge in [0.2, 0.25) is 0 Å². The molecule has 0 saturated heterocycles. The summed E-state index contributed by atoms with van der Waals surface area (Å²) in [6.45, 7) is -0.214. The van der Waals surface area contributed by atoms with Gasteiger partial charge >= 0.3 is 0 Å². The Morgan fingerprint density at radius 1 is 1.54 bits per heavy atom. The fraction of sp³-hybridized carbons (Fsp3) is 0.333. The number of aliphatic hydroxyl groups is 1. The number of aliphatic hydroxyl groups excluding tert-OH is 1. The average Bonchev–Trinajstić information content (AvgIpc) is 2.16. The summed E-state index contributed by atoms with van der Waals surface area (Å²) in [5.41, 5.74) is 0.479. The molecule has 1 N–H and O–H groups in total. The van der Waals surface area contributed by atoms with Gasteiger partial charge in [0.15, 0.2) is 0 Å². The first-order valence-electron chi connectivity index (χ1n) is 3.74. The van der Waals surface area contributed by atoms with Crippen LogP contribution in [-0.2, 0) is 6.61 Å². The fourth-order valence-electron chi connectivity index (χ4n) is 1.12. The Kier molecular flexibility index (Phi) is 3.57. The van der Waals surface area contributed by atoms with Gasteiger partial charge in [-0.15, -0.1) is 11.8 Å². The van der Waals surface area contributed by atoms with Crippen LogP contribution in [0, 0.1) is 5.82 Å². The number of thioether (sulfide) groups is 1. The summed E-state index contributed by atoms with van der Waals surface area (Å²) in [6, 6.07) is 2.67. The molecule has 0 aliphatic rings. The molecule has 0 aliphatic carbocycles. The third-order valence-corrected chi connectivity index (χ3v) is 2.43. The second kappa shape index (κ2) is 4.48. The summed E-state index contributed by atoms with van der Waals surface area (Å²) < 4.78 is 18.0. The van der Waals surface area contributed by atoms with Crippen molar-refractivity contribution in [1.29, 1.82) is 0 Å². The minimum absolute atomic E-state index is 0.214. The molecule has 1 aromatic carbocycles. The minimum atomic E-state index is -0.353. The zero-order chi connectivity index (χ0) is 9.84. The van der Waals surface area contributed by atoms with E-state index in [9.17, 15) is 4.39 Å². The highest BCUT2D eigenvalue weighted by atomic mass is 32.2. The maximum Gasteiger partial charge on any atom is 0.138 e. The van der Waals surface area contributed by atoms with E-state index in [0.717, 1.165) is 0 Å². The first-order valence-corrected chi connectivity index (χ1v) is 4.96. The molecule has 0 fully saturated rings. The van der Waals surface area contributed by atoms with Crippen LogP contribution in [0.15, 0.2) is 17.0 Å². The van der Waals surface area contributed by atoms with Crippen molar-refractivity contribution in [3.8, 4) is 5.75 Å². The lowest BCUT2D eigenvalue weighted by atomic mass is 10.2. The lowest BCUT2D eigenvalue weighted by Crippen LogP contribution is -1.95. The molecule has 0 heterocycles. The highest BCUT2D eigenvalue weighted by molar-refractivity contribution is 7.98. The van der Waals surface area contributed by atoms with Crippen molar-refractivity contribution in [2.75, 3.05) is 13.4 Å². The van der Waals surface area contributed by atoms with E-state index < -0.39 is 0 Å². The van der Waals surface area contributed by atoms with Crippen molar-refractivity contribution in [3.63, 3.8) is 0 Å².